The molecule has 3 amide bonds. The molecule has 1 N–H and O–H groups in total. The fourth-order valence-electron chi connectivity index (χ4n) is 7.21. The van der Waals surface area contributed by atoms with E-state index in [0.29, 0.717) is 24.6 Å². The lowest BCUT2D eigenvalue weighted by Crippen LogP contribution is -2.47. The van der Waals surface area contributed by atoms with E-state index in [0.717, 1.165) is 77.1 Å². The van der Waals surface area contributed by atoms with E-state index in [-0.39, 0.29) is 28.4 Å². The molecule has 4 fully saturated rings. The van der Waals surface area contributed by atoms with Crippen molar-refractivity contribution >= 4 is 34.9 Å². The molecule has 0 bridgehead atoms. The Hall–Kier alpha value is -2.68. The van der Waals surface area contributed by atoms with Crippen LogP contribution in [0, 0.1) is 11.7 Å². The molecule has 3 atom stereocenters. The van der Waals surface area contributed by atoms with Crippen molar-refractivity contribution in [1.29, 1.82) is 0 Å². The van der Waals surface area contributed by atoms with Gasteiger partial charge in [0.2, 0.25) is 5.91 Å². The van der Waals surface area contributed by atoms with E-state index in [2.05, 4.69) is 40.4 Å². The van der Waals surface area contributed by atoms with Gasteiger partial charge in [-0.1, -0.05) is 23.7 Å². The highest BCUT2D eigenvalue weighted by atomic mass is 35.5. The normalized spacial score (nSPS) is 26.7. The Kier molecular flexibility index (Phi) is 7.77. The predicted molar refractivity (Wildman–Crippen MR) is 157 cm³/mol. The number of amides is 3. The van der Waals surface area contributed by atoms with E-state index < -0.39 is 5.82 Å². The third-order valence-electron chi connectivity index (χ3n) is 9.59. The fourth-order valence-corrected chi connectivity index (χ4v) is 7.39. The first-order valence-corrected chi connectivity index (χ1v) is 15.1. The van der Waals surface area contributed by atoms with Crippen LogP contribution in [0.2, 0.25) is 5.02 Å². The summed E-state index contributed by atoms with van der Waals surface area (Å²) in [6.45, 7) is 6.69. The van der Waals surface area contributed by atoms with Crippen molar-refractivity contribution < 1.29 is 14.0 Å². The van der Waals surface area contributed by atoms with Crippen LogP contribution in [-0.4, -0.2) is 85.5 Å². The molecule has 2 aromatic rings. The molecule has 7 nitrogen and oxygen atoms in total. The van der Waals surface area contributed by atoms with Gasteiger partial charge in [0.1, 0.15) is 5.82 Å². The van der Waals surface area contributed by atoms with Gasteiger partial charge in [0.25, 0.3) is 0 Å². The van der Waals surface area contributed by atoms with Crippen molar-refractivity contribution in [3.8, 4) is 0 Å². The summed E-state index contributed by atoms with van der Waals surface area (Å²) in [5.41, 5.74) is 2.86. The van der Waals surface area contributed by atoms with Gasteiger partial charge in [-0.15, -0.1) is 0 Å². The molecule has 40 heavy (non-hydrogen) atoms. The number of anilines is 2. The topological polar surface area (TPSA) is 59.1 Å². The minimum atomic E-state index is -0.500. The number of likely N-dealkylation sites (N-methyl/N-ethyl adjacent to an activating group) is 1. The number of halogens is 2. The average molecular weight is 568 g/mol. The highest BCUT2D eigenvalue weighted by Gasteiger charge is 2.64. The summed E-state index contributed by atoms with van der Waals surface area (Å²) in [4.78, 5) is 34.9. The molecular formula is C31H39ClFN5O2. The van der Waals surface area contributed by atoms with Crippen LogP contribution in [0.1, 0.15) is 44.1 Å². The van der Waals surface area contributed by atoms with Gasteiger partial charge >= 0.3 is 6.03 Å². The molecule has 2 aliphatic carbocycles. The van der Waals surface area contributed by atoms with Crippen LogP contribution in [0.4, 0.5) is 20.6 Å². The Bertz CT molecular complexity index is 1270. The first-order chi connectivity index (χ1) is 19.3. The Balaban J connectivity index is 1.17. The standard InChI is InChI=1S/C31H39ClFN5O2/c1-35-15-17-36(18-16-35)12-4-14-38(30(40)34-23-8-9-27(33)26(32)20-23)28-10-11-31(21-25(28)31)22-5-2-6-24(19-22)37-13-3-7-29(37)39/h2,5-6,8-9,19-20,25,28H,3-4,7,10-18,21H2,1H3,(H,34,40)/t25-,28-,31-/m1/s1. The summed E-state index contributed by atoms with van der Waals surface area (Å²) in [6.07, 6.45) is 5.48. The van der Waals surface area contributed by atoms with Gasteiger partial charge in [0.15, 0.2) is 0 Å². The number of hydrogen-bond acceptors (Lipinski definition) is 4. The third-order valence-corrected chi connectivity index (χ3v) is 9.88. The van der Waals surface area contributed by atoms with Crippen LogP contribution in [0.3, 0.4) is 0 Å². The molecule has 4 aliphatic rings. The lowest BCUT2D eigenvalue weighted by atomic mass is 9.93. The second-order valence-corrected chi connectivity index (χ2v) is 12.4. The molecule has 2 aliphatic heterocycles. The molecule has 0 spiro atoms. The first-order valence-electron chi connectivity index (χ1n) is 14.7. The molecule has 2 heterocycles. The van der Waals surface area contributed by atoms with Gasteiger partial charge in [-0.05, 0) is 87.5 Å². The summed E-state index contributed by atoms with van der Waals surface area (Å²) in [5.74, 6) is 0.0960. The van der Waals surface area contributed by atoms with E-state index in [1.54, 1.807) is 6.07 Å². The van der Waals surface area contributed by atoms with Crippen LogP contribution in [0.25, 0.3) is 0 Å². The maximum absolute atomic E-state index is 13.7. The van der Waals surface area contributed by atoms with Crippen LogP contribution >= 0.6 is 11.6 Å². The largest absolute Gasteiger partial charge is 0.322 e. The minimum Gasteiger partial charge on any atom is -0.321 e. The Morgan fingerprint density at radius 3 is 2.70 bits per heavy atom. The van der Waals surface area contributed by atoms with Crippen LogP contribution in [0.15, 0.2) is 42.5 Å². The maximum atomic E-state index is 13.7. The van der Waals surface area contributed by atoms with Crippen molar-refractivity contribution in [2.75, 3.05) is 63.1 Å². The van der Waals surface area contributed by atoms with Crippen molar-refractivity contribution in [3.05, 3.63) is 58.9 Å². The minimum absolute atomic E-state index is 0.00198. The van der Waals surface area contributed by atoms with Gasteiger partial charge in [-0.25, -0.2) is 9.18 Å². The molecule has 2 aromatic carbocycles. The van der Waals surface area contributed by atoms with Gasteiger partial charge in [0, 0.05) is 68.5 Å². The number of rotatable bonds is 8. The summed E-state index contributed by atoms with van der Waals surface area (Å²) in [6, 6.07) is 12.8. The van der Waals surface area contributed by atoms with E-state index in [9.17, 15) is 14.0 Å². The van der Waals surface area contributed by atoms with Crippen molar-refractivity contribution in [2.24, 2.45) is 5.92 Å². The summed E-state index contributed by atoms with van der Waals surface area (Å²) in [5, 5.41) is 2.99. The number of piperazine rings is 1. The van der Waals surface area contributed by atoms with Gasteiger partial charge in [-0.3, -0.25) is 4.79 Å². The zero-order chi connectivity index (χ0) is 27.9. The van der Waals surface area contributed by atoms with E-state index in [1.165, 1.54) is 17.7 Å². The van der Waals surface area contributed by atoms with Crippen molar-refractivity contribution in [2.45, 2.75) is 50.0 Å². The number of nitrogens with one attached hydrogen (secondary N) is 1. The number of fused-ring (bicyclic) bond motifs is 1. The number of hydrogen-bond donors (Lipinski definition) is 1. The number of urea groups is 1. The van der Waals surface area contributed by atoms with Crippen molar-refractivity contribution in [3.63, 3.8) is 0 Å². The van der Waals surface area contributed by atoms with Crippen LogP contribution in [0.5, 0.6) is 0 Å². The smallest absolute Gasteiger partial charge is 0.321 e. The second kappa shape index (κ2) is 11.3. The molecule has 2 saturated heterocycles. The number of benzene rings is 2. The second-order valence-electron chi connectivity index (χ2n) is 12.0. The lowest BCUT2D eigenvalue weighted by molar-refractivity contribution is -0.117. The molecule has 9 heteroatoms. The van der Waals surface area contributed by atoms with Gasteiger partial charge in [0.05, 0.1) is 5.02 Å². The monoisotopic (exact) mass is 567 g/mol. The predicted octanol–water partition coefficient (Wildman–Crippen LogP) is 5.20. The zero-order valence-corrected chi connectivity index (χ0v) is 24.0. The van der Waals surface area contributed by atoms with Crippen LogP contribution < -0.4 is 10.2 Å². The summed E-state index contributed by atoms with van der Waals surface area (Å²) in [7, 11) is 2.16. The number of carbonyl (C=O) groups is 2. The zero-order valence-electron chi connectivity index (χ0n) is 23.2. The molecule has 214 valence electrons. The number of carbonyl (C=O) groups excluding carboxylic acids is 2. The average Bonchev–Trinajstić information content (AvgIpc) is 3.33. The summed E-state index contributed by atoms with van der Waals surface area (Å²) >= 11 is 6.00. The molecule has 0 aromatic heterocycles. The quantitative estimate of drug-likeness (QED) is 0.476. The number of nitrogens with zero attached hydrogens (tertiary/aromatic N) is 4. The Morgan fingerprint density at radius 1 is 1.15 bits per heavy atom. The third kappa shape index (κ3) is 5.46. The van der Waals surface area contributed by atoms with E-state index in [4.69, 9.17) is 11.6 Å². The molecule has 0 unspecified atom stereocenters. The molecular weight excluding hydrogens is 529 g/mol. The lowest BCUT2D eigenvalue weighted by Gasteiger charge is -2.34. The Labute approximate surface area is 241 Å². The van der Waals surface area contributed by atoms with Crippen molar-refractivity contribution in [1.82, 2.24) is 14.7 Å². The summed E-state index contributed by atoms with van der Waals surface area (Å²) < 4.78 is 13.7. The van der Waals surface area contributed by atoms with E-state index in [1.807, 2.05) is 15.9 Å². The van der Waals surface area contributed by atoms with E-state index >= 15 is 0 Å². The highest BCUT2D eigenvalue weighted by Crippen LogP contribution is 2.65. The fraction of sp³-hybridized carbons (Fsp3) is 0.548. The van der Waals surface area contributed by atoms with Crippen LogP contribution in [-0.2, 0) is 10.2 Å². The molecule has 0 radical (unpaired) electrons. The first kappa shape index (κ1) is 27.5. The SMILES string of the molecule is CN1CCN(CCCN(C(=O)Nc2ccc(F)c(Cl)c2)[C@@H]2CC[C@]3(c4cccc(N5CCCC5=O)c4)C[C@H]23)CC1. The Morgan fingerprint density at radius 2 is 1.98 bits per heavy atom. The van der Waals surface area contributed by atoms with Gasteiger partial charge < -0.3 is 24.9 Å². The van der Waals surface area contributed by atoms with Gasteiger partial charge in [-0.2, -0.15) is 0 Å². The molecule has 2 saturated carbocycles. The maximum Gasteiger partial charge on any atom is 0.322 e. The highest BCUT2D eigenvalue weighted by molar-refractivity contribution is 6.31. The molecule has 6 rings (SSSR count).